The van der Waals surface area contributed by atoms with Gasteiger partial charge in [0.1, 0.15) is 0 Å². The van der Waals surface area contributed by atoms with Gasteiger partial charge in [0.15, 0.2) is 0 Å². The Balaban J connectivity index is 2.05. The molecule has 0 saturated heterocycles. The van der Waals surface area contributed by atoms with Crippen molar-refractivity contribution in [3.05, 3.63) is 61.2 Å². The van der Waals surface area contributed by atoms with Crippen LogP contribution in [-0.2, 0) is 6.42 Å². The summed E-state index contributed by atoms with van der Waals surface area (Å²) in [5.41, 5.74) is 0.731. The molecule has 1 aromatic heterocycles. The number of rotatable bonds is 5. The van der Waals surface area contributed by atoms with E-state index in [0.717, 1.165) is 5.56 Å². The first-order valence-electron chi connectivity index (χ1n) is 5.95. The second-order valence-corrected chi connectivity index (χ2v) is 5.47. The van der Waals surface area contributed by atoms with E-state index < -0.39 is 4.92 Å². The number of pyridine rings is 1. The molecule has 21 heavy (non-hydrogen) atoms. The third-order valence-corrected chi connectivity index (χ3v) is 3.53. The number of hydrogen-bond donors (Lipinski definition) is 1. The van der Waals surface area contributed by atoms with Crippen LogP contribution in [0.3, 0.4) is 0 Å². The van der Waals surface area contributed by atoms with Crippen LogP contribution < -0.4 is 5.32 Å². The number of benzene rings is 1. The molecule has 110 valence electrons. The van der Waals surface area contributed by atoms with E-state index >= 15 is 0 Å². The Morgan fingerprint density at radius 1 is 1.19 bits per heavy atom. The van der Waals surface area contributed by atoms with Crippen LogP contribution >= 0.6 is 34.8 Å². The number of halogens is 3. The lowest BCUT2D eigenvalue weighted by Gasteiger charge is -2.08. The molecule has 8 heteroatoms. The number of hydrogen-bond acceptors (Lipinski definition) is 4. The summed E-state index contributed by atoms with van der Waals surface area (Å²) in [4.78, 5) is 14.3. The zero-order chi connectivity index (χ0) is 15.4. The van der Waals surface area contributed by atoms with E-state index in [1.54, 1.807) is 12.1 Å². The van der Waals surface area contributed by atoms with Crippen LogP contribution in [0.5, 0.6) is 0 Å². The molecule has 0 aliphatic carbocycles. The summed E-state index contributed by atoms with van der Waals surface area (Å²) in [6, 6.07) is 6.47. The van der Waals surface area contributed by atoms with Crippen molar-refractivity contribution in [1.29, 1.82) is 0 Å². The molecule has 1 heterocycles. The highest BCUT2D eigenvalue weighted by molar-refractivity contribution is 6.35. The molecule has 0 aliphatic heterocycles. The van der Waals surface area contributed by atoms with Crippen LogP contribution in [0, 0.1) is 10.1 Å². The van der Waals surface area contributed by atoms with Crippen molar-refractivity contribution in [1.82, 2.24) is 4.98 Å². The zero-order valence-electron chi connectivity index (χ0n) is 10.6. The smallest absolute Gasteiger partial charge is 0.312 e. The molecule has 0 fully saturated rings. The molecule has 0 amide bonds. The predicted molar refractivity (Wildman–Crippen MR) is 84.6 cm³/mol. The Morgan fingerprint density at radius 2 is 1.95 bits per heavy atom. The van der Waals surface area contributed by atoms with Gasteiger partial charge in [-0.3, -0.25) is 10.1 Å². The molecule has 0 saturated carbocycles. The van der Waals surface area contributed by atoms with Gasteiger partial charge in [-0.05, 0) is 24.1 Å². The molecule has 0 spiro atoms. The van der Waals surface area contributed by atoms with Gasteiger partial charge < -0.3 is 5.32 Å². The quantitative estimate of drug-likeness (QED) is 0.634. The van der Waals surface area contributed by atoms with Crippen molar-refractivity contribution >= 4 is 46.3 Å². The lowest BCUT2D eigenvalue weighted by atomic mass is 10.1. The Labute approximate surface area is 136 Å². The topological polar surface area (TPSA) is 68.1 Å². The summed E-state index contributed by atoms with van der Waals surface area (Å²) in [5.74, 6) is 0.175. The fraction of sp³-hybridized carbons (Fsp3) is 0.154. The zero-order valence-corrected chi connectivity index (χ0v) is 12.9. The molecule has 1 N–H and O–H groups in total. The molecule has 0 bridgehead atoms. The fourth-order valence-corrected chi connectivity index (χ4v) is 2.40. The SMILES string of the molecule is O=[N+]([O-])c1cc(Cl)cnc1NCCc1ccc(Cl)cc1Cl. The molecule has 1 aromatic carbocycles. The Hall–Kier alpha value is -1.56. The van der Waals surface area contributed by atoms with Gasteiger partial charge in [-0.2, -0.15) is 0 Å². The summed E-state index contributed by atoms with van der Waals surface area (Å²) in [7, 11) is 0. The summed E-state index contributed by atoms with van der Waals surface area (Å²) < 4.78 is 0. The van der Waals surface area contributed by atoms with E-state index in [4.69, 9.17) is 34.8 Å². The second kappa shape index (κ2) is 6.93. The number of anilines is 1. The first-order valence-corrected chi connectivity index (χ1v) is 7.08. The molecule has 0 aliphatic rings. The third kappa shape index (κ3) is 4.20. The van der Waals surface area contributed by atoms with E-state index in [-0.39, 0.29) is 16.5 Å². The Morgan fingerprint density at radius 3 is 2.62 bits per heavy atom. The lowest BCUT2D eigenvalue weighted by molar-refractivity contribution is -0.384. The number of aromatic nitrogens is 1. The monoisotopic (exact) mass is 345 g/mol. The van der Waals surface area contributed by atoms with Crippen molar-refractivity contribution in [3.8, 4) is 0 Å². The predicted octanol–water partition coefficient (Wildman–Crippen LogP) is 4.60. The van der Waals surface area contributed by atoms with E-state index in [2.05, 4.69) is 10.3 Å². The molecule has 5 nitrogen and oxygen atoms in total. The van der Waals surface area contributed by atoms with Crippen molar-refractivity contribution in [2.75, 3.05) is 11.9 Å². The molecule has 0 radical (unpaired) electrons. The van der Waals surface area contributed by atoms with Gasteiger partial charge in [0.2, 0.25) is 5.82 Å². The highest BCUT2D eigenvalue weighted by Gasteiger charge is 2.15. The number of nitrogens with zero attached hydrogens (tertiary/aromatic N) is 2. The average Bonchev–Trinajstić information content (AvgIpc) is 2.42. The summed E-state index contributed by atoms with van der Waals surface area (Å²) in [6.07, 6.45) is 1.93. The van der Waals surface area contributed by atoms with Crippen molar-refractivity contribution in [3.63, 3.8) is 0 Å². The van der Waals surface area contributed by atoms with Gasteiger partial charge in [0.25, 0.3) is 0 Å². The van der Waals surface area contributed by atoms with Gasteiger partial charge in [0, 0.05) is 28.9 Å². The van der Waals surface area contributed by atoms with Gasteiger partial charge in [0.05, 0.1) is 9.95 Å². The van der Waals surface area contributed by atoms with Crippen LogP contribution in [-0.4, -0.2) is 16.5 Å². The first kappa shape index (κ1) is 15.8. The van der Waals surface area contributed by atoms with Crippen molar-refractivity contribution < 1.29 is 4.92 Å². The van der Waals surface area contributed by atoms with Gasteiger partial charge in [-0.25, -0.2) is 4.98 Å². The lowest BCUT2D eigenvalue weighted by Crippen LogP contribution is -2.08. The summed E-state index contributed by atoms with van der Waals surface area (Å²) in [5, 5.41) is 15.2. The van der Waals surface area contributed by atoms with Gasteiger partial charge >= 0.3 is 5.69 Å². The number of nitro groups is 1. The minimum absolute atomic E-state index is 0.162. The maximum absolute atomic E-state index is 10.9. The van der Waals surface area contributed by atoms with Crippen LogP contribution in [0.4, 0.5) is 11.5 Å². The van der Waals surface area contributed by atoms with E-state index in [0.29, 0.717) is 23.0 Å². The van der Waals surface area contributed by atoms with Crippen molar-refractivity contribution in [2.45, 2.75) is 6.42 Å². The molecular weight excluding hydrogens is 337 g/mol. The van der Waals surface area contributed by atoms with Crippen LogP contribution in [0.2, 0.25) is 15.1 Å². The van der Waals surface area contributed by atoms with Crippen molar-refractivity contribution in [2.24, 2.45) is 0 Å². The minimum Gasteiger partial charge on any atom is -0.364 e. The number of nitrogens with one attached hydrogen (secondary N) is 1. The largest absolute Gasteiger partial charge is 0.364 e. The van der Waals surface area contributed by atoms with Crippen LogP contribution in [0.1, 0.15) is 5.56 Å². The first-order chi connectivity index (χ1) is 9.97. The molecule has 0 atom stereocenters. The maximum atomic E-state index is 10.9. The molecule has 2 rings (SSSR count). The molecular formula is C13H10Cl3N3O2. The highest BCUT2D eigenvalue weighted by Crippen LogP contribution is 2.25. The molecule has 2 aromatic rings. The molecule has 0 unspecified atom stereocenters. The van der Waals surface area contributed by atoms with Crippen LogP contribution in [0.25, 0.3) is 0 Å². The standard InChI is InChI=1S/C13H10Cl3N3O2/c14-9-2-1-8(11(16)5-9)3-4-17-13-12(19(20)21)6-10(15)7-18-13/h1-2,5-7H,3-4H2,(H,17,18). The van der Waals surface area contributed by atoms with E-state index in [9.17, 15) is 10.1 Å². The third-order valence-electron chi connectivity index (χ3n) is 2.73. The van der Waals surface area contributed by atoms with Gasteiger partial charge in [-0.15, -0.1) is 0 Å². The Bertz CT molecular complexity index is 680. The average molecular weight is 347 g/mol. The second-order valence-electron chi connectivity index (χ2n) is 4.19. The van der Waals surface area contributed by atoms with E-state index in [1.165, 1.54) is 12.3 Å². The minimum atomic E-state index is -0.531. The highest BCUT2D eigenvalue weighted by atomic mass is 35.5. The van der Waals surface area contributed by atoms with Crippen LogP contribution in [0.15, 0.2) is 30.5 Å². The van der Waals surface area contributed by atoms with Gasteiger partial charge in [-0.1, -0.05) is 40.9 Å². The maximum Gasteiger partial charge on any atom is 0.312 e. The summed E-state index contributed by atoms with van der Waals surface area (Å²) in [6.45, 7) is 0.441. The normalized spacial score (nSPS) is 10.4. The Kier molecular flexibility index (Phi) is 5.22. The summed E-state index contributed by atoms with van der Waals surface area (Å²) >= 11 is 17.6. The fourth-order valence-electron chi connectivity index (χ4n) is 1.74. The van der Waals surface area contributed by atoms with E-state index in [1.807, 2.05) is 6.07 Å².